The first kappa shape index (κ1) is 18.8. The minimum Gasteiger partial charge on any atom is -0.494 e. The highest BCUT2D eigenvalue weighted by atomic mass is 16.5. The number of carbonyl (C=O) groups excluding carboxylic acids is 2. The van der Waals surface area contributed by atoms with Crippen molar-refractivity contribution in [3.63, 3.8) is 0 Å². The molecule has 2 rings (SSSR count). The molecule has 0 fully saturated rings. The van der Waals surface area contributed by atoms with Crippen LogP contribution in [0.5, 0.6) is 5.75 Å². The second-order valence-corrected chi connectivity index (χ2v) is 5.92. The maximum Gasteiger partial charge on any atom is 0.338 e. The molecule has 0 bridgehead atoms. The molecule has 6 heteroatoms. The Hall–Kier alpha value is -2.50. The van der Waals surface area contributed by atoms with Gasteiger partial charge in [-0.1, -0.05) is 31.9 Å². The first-order chi connectivity index (χ1) is 12.1. The summed E-state index contributed by atoms with van der Waals surface area (Å²) in [6, 6.07) is 6.47. The van der Waals surface area contributed by atoms with E-state index in [9.17, 15) is 9.59 Å². The monoisotopic (exact) mass is 346 g/mol. The van der Waals surface area contributed by atoms with Crippen molar-refractivity contribution in [2.45, 2.75) is 46.1 Å². The summed E-state index contributed by atoms with van der Waals surface area (Å²) >= 11 is 0. The lowest BCUT2D eigenvalue weighted by atomic mass is 9.95. The summed E-state index contributed by atoms with van der Waals surface area (Å²) in [6.45, 7) is 6.63. The number of amides is 2. The third kappa shape index (κ3) is 4.98. The lowest BCUT2D eigenvalue weighted by Gasteiger charge is -2.28. The highest BCUT2D eigenvalue weighted by Crippen LogP contribution is 2.29. The zero-order chi connectivity index (χ0) is 18.2. The minimum atomic E-state index is -0.562. The molecule has 0 aliphatic carbocycles. The molecule has 0 radical (unpaired) electrons. The summed E-state index contributed by atoms with van der Waals surface area (Å²) in [5.74, 6) is 0.286. The second kappa shape index (κ2) is 9.11. The molecule has 0 aromatic heterocycles. The van der Waals surface area contributed by atoms with E-state index in [0.29, 0.717) is 30.2 Å². The minimum absolute atomic E-state index is 0.341. The molecule has 0 saturated heterocycles. The number of unbranched alkanes of at least 4 members (excludes halogenated alkanes) is 2. The van der Waals surface area contributed by atoms with Gasteiger partial charge < -0.3 is 20.1 Å². The molecule has 6 nitrogen and oxygen atoms in total. The van der Waals surface area contributed by atoms with Gasteiger partial charge in [0.15, 0.2) is 0 Å². The van der Waals surface area contributed by atoms with Gasteiger partial charge in [-0.2, -0.15) is 0 Å². The smallest absolute Gasteiger partial charge is 0.338 e. The topological polar surface area (TPSA) is 76.7 Å². The molecule has 0 spiro atoms. The van der Waals surface area contributed by atoms with Crippen molar-refractivity contribution in [3.05, 3.63) is 41.1 Å². The summed E-state index contributed by atoms with van der Waals surface area (Å²) in [5.41, 5.74) is 1.71. The molecule has 1 aliphatic heterocycles. The maximum absolute atomic E-state index is 12.6. The van der Waals surface area contributed by atoms with Crippen LogP contribution in [0.1, 0.15) is 51.6 Å². The van der Waals surface area contributed by atoms with Gasteiger partial charge in [-0.25, -0.2) is 9.59 Å². The average Bonchev–Trinajstić information content (AvgIpc) is 2.58. The normalized spacial score (nSPS) is 16.9. The van der Waals surface area contributed by atoms with Crippen LogP contribution >= 0.6 is 0 Å². The van der Waals surface area contributed by atoms with E-state index >= 15 is 0 Å². The van der Waals surface area contributed by atoms with Crippen LogP contribution in [0.2, 0.25) is 0 Å². The SMILES string of the molecule is CCCCCOC(=O)C1=C(C)NC(=O)NC1c1cccc(OCC)c1. The quantitative estimate of drug-likeness (QED) is 0.558. The molecule has 0 saturated carbocycles. The van der Waals surface area contributed by atoms with Crippen molar-refractivity contribution >= 4 is 12.0 Å². The Morgan fingerprint density at radius 3 is 2.76 bits per heavy atom. The fraction of sp³-hybridized carbons (Fsp3) is 0.474. The van der Waals surface area contributed by atoms with E-state index in [2.05, 4.69) is 17.6 Å². The lowest BCUT2D eigenvalue weighted by molar-refractivity contribution is -0.139. The highest BCUT2D eigenvalue weighted by molar-refractivity contribution is 5.95. The molecule has 1 unspecified atom stereocenters. The van der Waals surface area contributed by atoms with E-state index in [1.54, 1.807) is 6.92 Å². The van der Waals surface area contributed by atoms with Gasteiger partial charge in [-0.3, -0.25) is 0 Å². The number of nitrogens with one attached hydrogen (secondary N) is 2. The largest absolute Gasteiger partial charge is 0.494 e. The number of esters is 1. The number of rotatable bonds is 8. The van der Waals surface area contributed by atoms with Crippen molar-refractivity contribution in [2.75, 3.05) is 13.2 Å². The molecule has 1 aromatic carbocycles. The molecule has 1 atom stereocenters. The fourth-order valence-electron chi connectivity index (χ4n) is 2.76. The van der Waals surface area contributed by atoms with Crippen LogP contribution < -0.4 is 15.4 Å². The van der Waals surface area contributed by atoms with E-state index < -0.39 is 12.0 Å². The molecule has 2 N–H and O–H groups in total. The Kier molecular flexibility index (Phi) is 6.86. The number of urea groups is 1. The highest BCUT2D eigenvalue weighted by Gasteiger charge is 2.32. The summed E-state index contributed by atoms with van der Waals surface area (Å²) in [6.07, 6.45) is 2.91. The first-order valence-electron chi connectivity index (χ1n) is 8.75. The second-order valence-electron chi connectivity index (χ2n) is 5.92. The molecule has 1 aromatic rings. The van der Waals surface area contributed by atoms with E-state index in [1.807, 2.05) is 31.2 Å². The van der Waals surface area contributed by atoms with Gasteiger partial charge in [-0.05, 0) is 38.0 Å². The zero-order valence-corrected chi connectivity index (χ0v) is 15.1. The number of hydrogen-bond acceptors (Lipinski definition) is 4. The molecular formula is C19H26N2O4. The van der Waals surface area contributed by atoms with Crippen molar-refractivity contribution < 1.29 is 19.1 Å². The molecule has 2 amide bonds. The van der Waals surface area contributed by atoms with Gasteiger partial charge in [0.25, 0.3) is 0 Å². The van der Waals surface area contributed by atoms with Crippen molar-refractivity contribution in [3.8, 4) is 5.75 Å². The molecule has 1 aliphatic rings. The third-order valence-corrected chi connectivity index (χ3v) is 3.97. The number of ether oxygens (including phenoxy) is 2. The van der Waals surface area contributed by atoms with E-state index in [0.717, 1.165) is 24.8 Å². The predicted octanol–water partition coefficient (Wildman–Crippen LogP) is 3.45. The standard InChI is InChI=1S/C19H26N2O4/c1-4-6-7-11-25-18(22)16-13(3)20-19(23)21-17(16)14-9-8-10-15(12-14)24-5-2/h8-10,12,17H,4-7,11H2,1-3H3,(H2,20,21,23). The van der Waals surface area contributed by atoms with Crippen LogP contribution in [0.15, 0.2) is 35.5 Å². The number of allylic oxidation sites excluding steroid dienone is 1. The summed E-state index contributed by atoms with van der Waals surface area (Å²) in [5, 5.41) is 5.45. The average molecular weight is 346 g/mol. The Balaban J connectivity index is 2.24. The van der Waals surface area contributed by atoms with E-state index in [4.69, 9.17) is 9.47 Å². The van der Waals surface area contributed by atoms with Crippen molar-refractivity contribution in [1.82, 2.24) is 10.6 Å². The van der Waals surface area contributed by atoms with Gasteiger partial charge in [-0.15, -0.1) is 0 Å². The molecule has 136 valence electrons. The molecule has 1 heterocycles. The van der Waals surface area contributed by atoms with Crippen LogP contribution in [0, 0.1) is 0 Å². The predicted molar refractivity (Wildman–Crippen MR) is 95.2 cm³/mol. The molecular weight excluding hydrogens is 320 g/mol. The Morgan fingerprint density at radius 1 is 1.24 bits per heavy atom. The van der Waals surface area contributed by atoms with Gasteiger partial charge in [0.2, 0.25) is 0 Å². The number of benzene rings is 1. The Labute approximate surface area is 148 Å². The Bertz CT molecular complexity index is 655. The van der Waals surface area contributed by atoms with Gasteiger partial charge in [0.05, 0.1) is 24.8 Å². The number of hydrogen-bond donors (Lipinski definition) is 2. The zero-order valence-electron chi connectivity index (χ0n) is 15.1. The number of carbonyl (C=O) groups is 2. The van der Waals surface area contributed by atoms with Crippen molar-refractivity contribution in [2.24, 2.45) is 0 Å². The Morgan fingerprint density at radius 2 is 2.04 bits per heavy atom. The van der Waals surface area contributed by atoms with Crippen LogP contribution in [0.3, 0.4) is 0 Å². The van der Waals surface area contributed by atoms with Crippen LogP contribution in [-0.4, -0.2) is 25.2 Å². The van der Waals surface area contributed by atoms with Crippen molar-refractivity contribution in [1.29, 1.82) is 0 Å². The summed E-state index contributed by atoms with van der Waals surface area (Å²) in [7, 11) is 0. The maximum atomic E-state index is 12.6. The van der Waals surface area contributed by atoms with Crippen LogP contribution in [0.4, 0.5) is 4.79 Å². The summed E-state index contributed by atoms with van der Waals surface area (Å²) < 4.78 is 10.9. The summed E-state index contributed by atoms with van der Waals surface area (Å²) in [4.78, 5) is 24.5. The third-order valence-electron chi connectivity index (χ3n) is 3.97. The van der Waals surface area contributed by atoms with Crippen LogP contribution in [-0.2, 0) is 9.53 Å². The van der Waals surface area contributed by atoms with E-state index in [-0.39, 0.29) is 6.03 Å². The molecule has 25 heavy (non-hydrogen) atoms. The van der Waals surface area contributed by atoms with Gasteiger partial charge in [0.1, 0.15) is 5.75 Å². The van der Waals surface area contributed by atoms with E-state index in [1.165, 1.54) is 0 Å². The van der Waals surface area contributed by atoms with Crippen LogP contribution in [0.25, 0.3) is 0 Å². The van der Waals surface area contributed by atoms with Gasteiger partial charge in [0, 0.05) is 5.70 Å². The van der Waals surface area contributed by atoms with Gasteiger partial charge >= 0.3 is 12.0 Å². The lowest BCUT2D eigenvalue weighted by Crippen LogP contribution is -2.45. The first-order valence-corrected chi connectivity index (χ1v) is 8.75. The fourth-order valence-corrected chi connectivity index (χ4v) is 2.76.